The summed E-state index contributed by atoms with van der Waals surface area (Å²) in [6.45, 7) is 9.14. The van der Waals surface area contributed by atoms with E-state index in [0.29, 0.717) is 6.54 Å². The van der Waals surface area contributed by atoms with Crippen molar-refractivity contribution in [3.63, 3.8) is 0 Å². The smallest absolute Gasteiger partial charge is 0.236 e. The van der Waals surface area contributed by atoms with E-state index < -0.39 is 0 Å². The third-order valence-corrected chi connectivity index (χ3v) is 2.63. The van der Waals surface area contributed by atoms with E-state index in [1.54, 1.807) is 0 Å². The lowest BCUT2D eigenvalue weighted by atomic mass is 9.90. The number of rotatable bonds is 6. The molecule has 0 rings (SSSR count). The maximum absolute atomic E-state index is 11.5. The average molecular weight is 200 g/mol. The van der Waals surface area contributed by atoms with Gasteiger partial charge in [0, 0.05) is 6.54 Å². The largest absolute Gasteiger partial charge is 0.354 e. The molecule has 0 aromatic heterocycles. The summed E-state index contributed by atoms with van der Waals surface area (Å²) in [5.74, 6) is -0.0200. The molecule has 0 fully saturated rings. The van der Waals surface area contributed by atoms with Gasteiger partial charge in [-0.3, -0.25) is 4.79 Å². The summed E-state index contributed by atoms with van der Waals surface area (Å²) in [5.41, 5.74) is 5.85. The van der Waals surface area contributed by atoms with Crippen molar-refractivity contribution in [1.82, 2.24) is 5.32 Å². The first kappa shape index (κ1) is 13.4. The first-order chi connectivity index (χ1) is 6.43. The van der Waals surface area contributed by atoms with Crippen LogP contribution in [-0.2, 0) is 4.79 Å². The van der Waals surface area contributed by atoms with Crippen LogP contribution in [0.5, 0.6) is 0 Å². The summed E-state index contributed by atoms with van der Waals surface area (Å²) < 4.78 is 0. The number of hydrogen-bond acceptors (Lipinski definition) is 2. The van der Waals surface area contributed by atoms with Crippen molar-refractivity contribution in [1.29, 1.82) is 0 Å². The van der Waals surface area contributed by atoms with Gasteiger partial charge in [-0.2, -0.15) is 0 Å². The first-order valence-corrected chi connectivity index (χ1v) is 5.46. The van der Waals surface area contributed by atoms with Crippen LogP contribution in [0.25, 0.3) is 0 Å². The van der Waals surface area contributed by atoms with Crippen molar-refractivity contribution in [3.05, 3.63) is 0 Å². The third kappa shape index (κ3) is 5.22. The molecule has 0 radical (unpaired) electrons. The van der Waals surface area contributed by atoms with Crippen LogP contribution < -0.4 is 11.1 Å². The maximum atomic E-state index is 11.5. The Hall–Kier alpha value is -0.570. The minimum atomic E-state index is -0.340. The molecule has 0 aliphatic rings. The van der Waals surface area contributed by atoms with Crippen molar-refractivity contribution in [2.45, 2.75) is 53.0 Å². The van der Waals surface area contributed by atoms with Crippen LogP contribution in [0, 0.1) is 5.41 Å². The van der Waals surface area contributed by atoms with Gasteiger partial charge in [0.1, 0.15) is 0 Å². The minimum Gasteiger partial charge on any atom is -0.354 e. The molecular weight excluding hydrogens is 176 g/mol. The van der Waals surface area contributed by atoms with Gasteiger partial charge in [-0.1, -0.05) is 34.1 Å². The standard InChI is InChI=1S/C11H24N2O/c1-5-7-9(12)10(14)13-8-11(3,4)6-2/h9H,5-8,12H2,1-4H3,(H,13,14). The Morgan fingerprint density at radius 2 is 2.00 bits per heavy atom. The molecule has 14 heavy (non-hydrogen) atoms. The van der Waals surface area contributed by atoms with Crippen LogP contribution in [0.15, 0.2) is 0 Å². The van der Waals surface area contributed by atoms with Gasteiger partial charge < -0.3 is 11.1 Å². The number of nitrogens with two attached hydrogens (primary N) is 1. The van der Waals surface area contributed by atoms with E-state index in [0.717, 1.165) is 19.3 Å². The van der Waals surface area contributed by atoms with Crippen molar-refractivity contribution in [2.24, 2.45) is 11.1 Å². The molecule has 0 aliphatic carbocycles. The highest BCUT2D eigenvalue weighted by molar-refractivity contribution is 5.81. The molecule has 1 amide bonds. The van der Waals surface area contributed by atoms with E-state index in [-0.39, 0.29) is 17.4 Å². The Labute approximate surface area is 87.4 Å². The van der Waals surface area contributed by atoms with Crippen LogP contribution in [0.2, 0.25) is 0 Å². The highest BCUT2D eigenvalue weighted by Crippen LogP contribution is 2.17. The molecule has 1 atom stereocenters. The summed E-state index contributed by atoms with van der Waals surface area (Å²) in [6, 6.07) is -0.340. The van der Waals surface area contributed by atoms with Crippen LogP contribution in [-0.4, -0.2) is 18.5 Å². The summed E-state index contributed by atoms with van der Waals surface area (Å²) >= 11 is 0. The molecule has 3 N–H and O–H groups in total. The van der Waals surface area contributed by atoms with Gasteiger partial charge >= 0.3 is 0 Å². The fraction of sp³-hybridized carbons (Fsp3) is 0.909. The molecule has 0 saturated carbocycles. The van der Waals surface area contributed by atoms with Crippen molar-refractivity contribution in [3.8, 4) is 0 Å². The van der Waals surface area contributed by atoms with Crippen LogP contribution in [0.1, 0.15) is 47.0 Å². The lowest BCUT2D eigenvalue weighted by Crippen LogP contribution is -2.43. The van der Waals surface area contributed by atoms with E-state index in [1.165, 1.54) is 0 Å². The molecule has 0 spiro atoms. The molecular formula is C11H24N2O. The molecule has 0 heterocycles. The van der Waals surface area contributed by atoms with Gasteiger partial charge in [-0.15, -0.1) is 0 Å². The quantitative estimate of drug-likeness (QED) is 0.685. The highest BCUT2D eigenvalue weighted by Gasteiger charge is 2.18. The van der Waals surface area contributed by atoms with Crippen molar-refractivity contribution >= 4 is 5.91 Å². The van der Waals surface area contributed by atoms with Crippen molar-refractivity contribution < 1.29 is 4.79 Å². The van der Waals surface area contributed by atoms with Crippen molar-refractivity contribution in [2.75, 3.05) is 6.54 Å². The Bertz CT molecular complexity index is 178. The number of carbonyl (C=O) groups is 1. The minimum absolute atomic E-state index is 0.0200. The molecule has 1 unspecified atom stereocenters. The van der Waals surface area contributed by atoms with Gasteiger partial charge in [-0.05, 0) is 18.3 Å². The first-order valence-electron chi connectivity index (χ1n) is 5.46. The van der Waals surface area contributed by atoms with Gasteiger partial charge in [0.25, 0.3) is 0 Å². The summed E-state index contributed by atoms with van der Waals surface area (Å²) in [7, 11) is 0. The Morgan fingerprint density at radius 1 is 1.43 bits per heavy atom. The number of amides is 1. The number of carbonyl (C=O) groups excluding carboxylic acids is 1. The second-order valence-corrected chi connectivity index (χ2v) is 4.63. The van der Waals surface area contributed by atoms with Gasteiger partial charge in [-0.25, -0.2) is 0 Å². The maximum Gasteiger partial charge on any atom is 0.236 e. The van der Waals surface area contributed by atoms with E-state index in [9.17, 15) is 4.79 Å². The molecule has 0 aromatic carbocycles. The van der Waals surface area contributed by atoms with Gasteiger partial charge in [0.05, 0.1) is 6.04 Å². The van der Waals surface area contributed by atoms with E-state index in [4.69, 9.17) is 5.73 Å². The lowest BCUT2D eigenvalue weighted by molar-refractivity contribution is -0.122. The summed E-state index contributed by atoms with van der Waals surface area (Å²) in [6.07, 6.45) is 2.76. The molecule has 0 saturated heterocycles. The normalized spacial score (nSPS) is 13.8. The molecule has 0 bridgehead atoms. The zero-order chi connectivity index (χ0) is 11.2. The topological polar surface area (TPSA) is 55.1 Å². The Morgan fingerprint density at radius 3 is 2.43 bits per heavy atom. The van der Waals surface area contributed by atoms with Crippen LogP contribution in [0.4, 0.5) is 0 Å². The van der Waals surface area contributed by atoms with Gasteiger partial charge in [0.2, 0.25) is 5.91 Å². The van der Waals surface area contributed by atoms with E-state index >= 15 is 0 Å². The SMILES string of the molecule is CCCC(N)C(=O)NCC(C)(C)CC. The molecule has 0 aliphatic heterocycles. The number of hydrogen-bond donors (Lipinski definition) is 2. The Kier molecular flexibility index (Phi) is 5.77. The van der Waals surface area contributed by atoms with E-state index in [1.807, 2.05) is 6.92 Å². The zero-order valence-corrected chi connectivity index (χ0v) is 9.89. The van der Waals surface area contributed by atoms with Gasteiger partial charge in [0.15, 0.2) is 0 Å². The fourth-order valence-corrected chi connectivity index (χ4v) is 1.02. The summed E-state index contributed by atoms with van der Waals surface area (Å²) in [4.78, 5) is 11.5. The number of nitrogens with one attached hydrogen (secondary N) is 1. The Balaban J connectivity index is 3.84. The fourth-order valence-electron chi connectivity index (χ4n) is 1.02. The average Bonchev–Trinajstić information content (AvgIpc) is 2.15. The third-order valence-electron chi connectivity index (χ3n) is 2.63. The van der Waals surface area contributed by atoms with Crippen LogP contribution >= 0.6 is 0 Å². The predicted octanol–water partition coefficient (Wildman–Crippen LogP) is 1.67. The molecule has 3 nitrogen and oxygen atoms in total. The molecule has 84 valence electrons. The zero-order valence-electron chi connectivity index (χ0n) is 9.89. The molecule has 3 heteroatoms. The molecule has 0 aromatic rings. The highest BCUT2D eigenvalue weighted by atomic mass is 16.2. The lowest BCUT2D eigenvalue weighted by Gasteiger charge is -2.23. The van der Waals surface area contributed by atoms with Crippen LogP contribution in [0.3, 0.4) is 0 Å². The van der Waals surface area contributed by atoms with E-state index in [2.05, 4.69) is 26.1 Å². The second-order valence-electron chi connectivity index (χ2n) is 4.63. The monoisotopic (exact) mass is 200 g/mol. The predicted molar refractivity (Wildman–Crippen MR) is 60.0 cm³/mol. The summed E-state index contributed by atoms with van der Waals surface area (Å²) in [5, 5.41) is 2.89. The second kappa shape index (κ2) is 6.02.